The molecule has 0 aromatic rings. The van der Waals surface area contributed by atoms with Gasteiger partial charge in [-0.05, 0) is 98.7 Å². The van der Waals surface area contributed by atoms with E-state index in [1.165, 1.54) is 25.7 Å². The van der Waals surface area contributed by atoms with E-state index in [0.29, 0.717) is 37.0 Å². The highest BCUT2D eigenvalue weighted by molar-refractivity contribution is 5.27. The van der Waals surface area contributed by atoms with Crippen molar-refractivity contribution in [3.63, 3.8) is 0 Å². The molecule has 4 aliphatic rings. The van der Waals surface area contributed by atoms with Crippen LogP contribution in [-0.4, -0.2) is 61.6 Å². The van der Waals surface area contributed by atoms with E-state index < -0.39 is 28.3 Å². The largest absolute Gasteiger partial charge is 0.396 e. The van der Waals surface area contributed by atoms with Gasteiger partial charge < -0.3 is 31.3 Å². The van der Waals surface area contributed by atoms with E-state index in [9.17, 15) is 25.5 Å². The summed E-state index contributed by atoms with van der Waals surface area (Å²) in [5.41, 5.74) is 1.97. The van der Waals surface area contributed by atoms with Gasteiger partial charge in [0.05, 0.1) is 11.6 Å². The van der Waals surface area contributed by atoms with Crippen molar-refractivity contribution in [3.05, 3.63) is 0 Å². The molecule has 4 fully saturated rings. The molecule has 4 saturated carbocycles. The number of nitrogens with two attached hydrogens (primary N) is 1. The fourth-order valence-corrected chi connectivity index (χ4v) is 10.9. The van der Waals surface area contributed by atoms with Gasteiger partial charge in [-0.1, -0.05) is 53.9 Å². The smallest absolute Gasteiger partial charge is 0.112 e. The third-order valence-electron chi connectivity index (χ3n) is 13.1. The van der Waals surface area contributed by atoms with Crippen LogP contribution in [0.2, 0.25) is 0 Å². The van der Waals surface area contributed by atoms with Crippen molar-refractivity contribution < 1.29 is 25.5 Å². The van der Waals surface area contributed by atoms with Gasteiger partial charge in [0, 0.05) is 25.0 Å². The molecule has 4 aliphatic carbocycles. The predicted octanol–water partition coefficient (Wildman–Crippen LogP) is 4.39. The van der Waals surface area contributed by atoms with Gasteiger partial charge in [-0.25, -0.2) is 0 Å². The van der Waals surface area contributed by atoms with Gasteiger partial charge >= 0.3 is 0 Å². The van der Waals surface area contributed by atoms with E-state index in [2.05, 4.69) is 34.6 Å². The first-order valence-electron chi connectivity index (χ1n) is 15.9. The van der Waals surface area contributed by atoms with Gasteiger partial charge in [-0.15, -0.1) is 0 Å². The van der Waals surface area contributed by atoms with Crippen molar-refractivity contribution in [3.8, 4) is 0 Å². The van der Waals surface area contributed by atoms with Crippen molar-refractivity contribution in [2.24, 2.45) is 52.1 Å². The summed E-state index contributed by atoms with van der Waals surface area (Å²) in [6.07, 6.45) is 9.68. The predicted molar refractivity (Wildman–Crippen MR) is 151 cm³/mol. The molecule has 0 spiro atoms. The zero-order valence-corrected chi connectivity index (χ0v) is 25.0. The third-order valence-corrected chi connectivity index (χ3v) is 13.1. The molecule has 0 unspecified atom stereocenters. The summed E-state index contributed by atoms with van der Waals surface area (Å²) in [6, 6.07) is 0. The molecule has 0 amide bonds. The number of aliphatic hydroxyl groups excluding tert-OH is 3. The molecular weight excluding hydrogens is 478 g/mol. The van der Waals surface area contributed by atoms with Crippen LogP contribution in [0.4, 0.5) is 0 Å². The highest BCUT2D eigenvalue weighted by Gasteiger charge is 2.75. The van der Waals surface area contributed by atoms with Gasteiger partial charge in [0.25, 0.3) is 0 Å². The van der Waals surface area contributed by atoms with Gasteiger partial charge in [-0.2, -0.15) is 0 Å². The maximum atomic E-state index is 12.8. The van der Waals surface area contributed by atoms with Gasteiger partial charge in [-0.3, -0.25) is 0 Å². The molecule has 0 bridgehead atoms. The maximum absolute atomic E-state index is 12.8. The van der Waals surface area contributed by atoms with E-state index in [1.54, 1.807) is 0 Å². The summed E-state index contributed by atoms with van der Waals surface area (Å²) in [5.74, 6) is 3.05. The molecule has 38 heavy (non-hydrogen) atoms. The zero-order valence-electron chi connectivity index (χ0n) is 25.0. The lowest BCUT2D eigenvalue weighted by atomic mass is 9.37. The van der Waals surface area contributed by atoms with E-state index >= 15 is 0 Å². The quantitative estimate of drug-likeness (QED) is 0.245. The van der Waals surface area contributed by atoms with Crippen LogP contribution in [0.3, 0.4) is 0 Å². The van der Waals surface area contributed by atoms with Crippen LogP contribution in [0.15, 0.2) is 0 Å². The highest BCUT2D eigenvalue weighted by Crippen LogP contribution is 2.72. The summed E-state index contributed by atoms with van der Waals surface area (Å²) < 4.78 is 0. The van der Waals surface area contributed by atoms with Crippen LogP contribution < -0.4 is 5.73 Å². The topological polar surface area (TPSA) is 127 Å². The fraction of sp³-hybridized carbons (Fsp3) is 1.00. The normalized spacial score (nSPS) is 45.9. The Hall–Kier alpha value is -0.240. The second-order valence-electron chi connectivity index (χ2n) is 15.2. The number of rotatable bonds is 10. The van der Waals surface area contributed by atoms with Crippen molar-refractivity contribution >= 4 is 0 Å². The molecule has 6 heteroatoms. The van der Waals surface area contributed by atoms with Crippen LogP contribution in [-0.2, 0) is 0 Å². The van der Waals surface area contributed by atoms with Gasteiger partial charge in [0.15, 0.2) is 0 Å². The van der Waals surface area contributed by atoms with E-state index in [0.717, 1.165) is 25.2 Å². The Balaban J connectivity index is 1.71. The van der Waals surface area contributed by atoms with E-state index in [1.807, 2.05) is 0 Å². The Bertz CT molecular complexity index is 816. The summed E-state index contributed by atoms with van der Waals surface area (Å²) >= 11 is 0. The Kier molecular flexibility index (Phi) is 8.79. The molecule has 10 atom stereocenters. The molecule has 0 radical (unpaired) electrons. The lowest BCUT2D eigenvalue weighted by Crippen LogP contribution is -2.82. The minimum atomic E-state index is -1.71. The Morgan fingerprint density at radius 2 is 1.53 bits per heavy atom. The average molecular weight is 538 g/mol. The van der Waals surface area contributed by atoms with Crippen LogP contribution in [0.1, 0.15) is 118 Å². The minimum Gasteiger partial charge on any atom is -0.396 e. The fourth-order valence-electron chi connectivity index (χ4n) is 10.9. The SMILES string of the molecule is CC(C)CCC[C@@H](C)[C@H]1CC[C@H]2[C@@H]3C[C@](O)(C(N)(CCO)CCO)[C@@]4(O)C[C@@H](O)CC[C@]4(C)[C@H]3CC[C@]12C. The van der Waals surface area contributed by atoms with Crippen LogP contribution in [0, 0.1) is 46.3 Å². The molecule has 7 N–H and O–H groups in total. The zero-order chi connectivity index (χ0) is 28.1. The van der Waals surface area contributed by atoms with E-state index in [4.69, 9.17) is 5.73 Å². The molecule has 0 aromatic heterocycles. The Morgan fingerprint density at radius 1 is 0.868 bits per heavy atom. The summed E-state index contributed by atoms with van der Waals surface area (Å²) in [6.45, 7) is 11.3. The highest BCUT2D eigenvalue weighted by atomic mass is 16.4. The molecule has 0 saturated heterocycles. The second kappa shape index (κ2) is 10.9. The van der Waals surface area contributed by atoms with Gasteiger partial charge in [0.2, 0.25) is 0 Å². The number of aliphatic hydroxyl groups is 5. The van der Waals surface area contributed by atoms with Gasteiger partial charge in [0.1, 0.15) is 11.2 Å². The first-order chi connectivity index (χ1) is 17.7. The van der Waals surface area contributed by atoms with E-state index in [-0.39, 0.29) is 49.7 Å². The monoisotopic (exact) mass is 537 g/mol. The standard InChI is InChI=1S/C32H59NO5/c1-21(2)7-6-8-22(3)25-9-10-26-24-20-32(38,30(33,15-17-34)16-18-35)31(37)19-23(36)11-14-29(31,5)27(24)12-13-28(25,26)4/h21-27,34-38H,6-20,33H2,1-5H3/t22-,23+,24+,25-,26+,27+,28-,29-,31-,32+/m1/s1. The molecule has 222 valence electrons. The summed E-state index contributed by atoms with van der Waals surface area (Å²) in [5, 5.41) is 56.1. The van der Waals surface area contributed by atoms with Crippen LogP contribution in [0.25, 0.3) is 0 Å². The number of fused-ring (bicyclic) bond motifs is 5. The lowest BCUT2D eigenvalue weighted by Gasteiger charge is -2.71. The number of hydrogen-bond acceptors (Lipinski definition) is 6. The Labute approximate surface area is 231 Å². The molecule has 0 aliphatic heterocycles. The molecular formula is C32H59NO5. The second-order valence-corrected chi connectivity index (χ2v) is 15.2. The molecule has 0 aromatic carbocycles. The first-order valence-corrected chi connectivity index (χ1v) is 15.9. The van der Waals surface area contributed by atoms with Crippen LogP contribution in [0.5, 0.6) is 0 Å². The lowest BCUT2D eigenvalue weighted by molar-refractivity contribution is -0.326. The number of hydrogen-bond donors (Lipinski definition) is 6. The van der Waals surface area contributed by atoms with Crippen molar-refractivity contribution in [1.82, 2.24) is 0 Å². The Morgan fingerprint density at radius 3 is 2.13 bits per heavy atom. The van der Waals surface area contributed by atoms with Crippen molar-refractivity contribution in [1.29, 1.82) is 0 Å². The molecule has 0 heterocycles. The summed E-state index contributed by atoms with van der Waals surface area (Å²) in [4.78, 5) is 0. The third kappa shape index (κ3) is 4.52. The van der Waals surface area contributed by atoms with Crippen LogP contribution >= 0.6 is 0 Å². The molecule has 4 rings (SSSR count). The average Bonchev–Trinajstić information content (AvgIpc) is 3.18. The minimum absolute atomic E-state index is 0.0937. The molecule has 6 nitrogen and oxygen atoms in total. The maximum Gasteiger partial charge on any atom is 0.112 e. The van der Waals surface area contributed by atoms with Crippen molar-refractivity contribution in [2.45, 2.75) is 141 Å². The first kappa shape index (κ1) is 30.7. The van der Waals surface area contributed by atoms with Crippen molar-refractivity contribution in [2.75, 3.05) is 13.2 Å². The summed E-state index contributed by atoms with van der Waals surface area (Å²) in [7, 11) is 0.